The molecule has 0 aliphatic carbocycles. The zero-order valence-corrected chi connectivity index (χ0v) is 11.5. The van der Waals surface area contributed by atoms with Crippen LogP contribution in [-0.2, 0) is 9.59 Å². The van der Waals surface area contributed by atoms with Gasteiger partial charge in [0.1, 0.15) is 5.54 Å². The van der Waals surface area contributed by atoms with E-state index in [0.717, 1.165) is 12.8 Å². The van der Waals surface area contributed by atoms with Crippen LogP contribution in [0.2, 0.25) is 0 Å². The molecule has 1 fully saturated rings. The topological polar surface area (TPSA) is 69.6 Å². The molecule has 1 aliphatic rings. The molecule has 1 amide bonds. The van der Waals surface area contributed by atoms with Gasteiger partial charge in [0.2, 0.25) is 5.91 Å². The van der Waals surface area contributed by atoms with Crippen LogP contribution in [0.25, 0.3) is 0 Å². The van der Waals surface area contributed by atoms with Crippen molar-refractivity contribution in [1.82, 2.24) is 10.2 Å². The fourth-order valence-corrected chi connectivity index (χ4v) is 2.22. The number of piperidine rings is 1. The van der Waals surface area contributed by atoms with Crippen LogP contribution in [0.1, 0.15) is 40.0 Å². The summed E-state index contributed by atoms with van der Waals surface area (Å²) >= 11 is 0. The van der Waals surface area contributed by atoms with Gasteiger partial charge in [0.25, 0.3) is 0 Å². The molecular weight excluding hydrogens is 232 g/mol. The van der Waals surface area contributed by atoms with Crippen molar-refractivity contribution in [3.8, 4) is 0 Å². The van der Waals surface area contributed by atoms with Crippen molar-refractivity contribution in [2.45, 2.75) is 45.6 Å². The summed E-state index contributed by atoms with van der Waals surface area (Å²) in [5.74, 6) is -0.516. The lowest BCUT2D eigenvalue weighted by atomic mass is 9.88. The molecule has 1 unspecified atom stereocenters. The van der Waals surface area contributed by atoms with Crippen molar-refractivity contribution in [2.24, 2.45) is 5.92 Å². The van der Waals surface area contributed by atoms with Gasteiger partial charge in [-0.3, -0.25) is 14.5 Å². The van der Waals surface area contributed by atoms with Gasteiger partial charge in [0, 0.05) is 6.54 Å². The van der Waals surface area contributed by atoms with Crippen LogP contribution < -0.4 is 5.32 Å². The molecule has 0 bridgehead atoms. The monoisotopic (exact) mass is 256 g/mol. The van der Waals surface area contributed by atoms with E-state index in [-0.39, 0.29) is 12.5 Å². The van der Waals surface area contributed by atoms with Crippen molar-refractivity contribution in [3.05, 3.63) is 0 Å². The molecule has 0 aromatic rings. The first-order chi connectivity index (χ1) is 8.36. The van der Waals surface area contributed by atoms with E-state index < -0.39 is 11.5 Å². The van der Waals surface area contributed by atoms with Crippen molar-refractivity contribution in [2.75, 3.05) is 19.6 Å². The predicted octanol–water partition coefficient (Wildman–Crippen LogP) is 1.09. The molecular formula is C13H24N2O3. The zero-order valence-electron chi connectivity index (χ0n) is 11.5. The van der Waals surface area contributed by atoms with Gasteiger partial charge in [0.15, 0.2) is 0 Å². The lowest BCUT2D eigenvalue weighted by molar-refractivity contribution is -0.153. The maximum Gasteiger partial charge on any atom is 0.323 e. The predicted molar refractivity (Wildman–Crippen MR) is 69.3 cm³/mol. The highest BCUT2D eigenvalue weighted by molar-refractivity contribution is 5.82. The van der Waals surface area contributed by atoms with Crippen LogP contribution in [-0.4, -0.2) is 47.1 Å². The molecule has 5 heteroatoms. The summed E-state index contributed by atoms with van der Waals surface area (Å²) in [6.07, 6.45) is 2.48. The summed E-state index contributed by atoms with van der Waals surface area (Å²) in [5, 5.41) is 12.2. The van der Waals surface area contributed by atoms with E-state index in [9.17, 15) is 14.7 Å². The molecule has 18 heavy (non-hydrogen) atoms. The summed E-state index contributed by atoms with van der Waals surface area (Å²) in [7, 11) is 0. The molecule has 1 atom stereocenters. The number of amides is 1. The van der Waals surface area contributed by atoms with Gasteiger partial charge in [-0.25, -0.2) is 0 Å². The van der Waals surface area contributed by atoms with E-state index in [2.05, 4.69) is 5.32 Å². The number of hydrogen-bond acceptors (Lipinski definition) is 3. The zero-order chi connectivity index (χ0) is 13.8. The summed E-state index contributed by atoms with van der Waals surface area (Å²) in [4.78, 5) is 24.9. The first-order valence-electron chi connectivity index (χ1n) is 6.61. The van der Waals surface area contributed by atoms with E-state index >= 15 is 0 Å². The Hall–Kier alpha value is -1.10. The van der Waals surface area contributed by atoms with Gasteiger partial charge in [-0.2, -0.15) is 0 Å². The van der Waals surface area contributed by atoms with E-state index in [1.807, 2.05) is 13.8 Å². The second-order valence-corrected chi connectivity index (χ2v) is 5.66. The maximum absolute atomic E-state index is 11.8. The average molecular weight is 256 g/mol. The highest BCUT2D eigenvalue weighted by atomic mass is 16.4. The Morgan fingerprint density at radius 1 is 1.39 bits per heavy atom. The second-order valence-electron chi connectivity index (χ2n) is 5.66. The van der Waals surface area contributed by atoms with Gasteiger partial charge in [-0.1, -0.05) is 13.8 Å². The number of nitrogens with one attached hydrogen (secondary N) is 1. The van der Waals surface area contributed by atoms with Crippen LogP contribution in [0.3, 0.4) is 0 Å². The minimum atomic E-state index is -0.895. The molecule has 0 aromatic carbocycles. The quantitative estimate of drug-likeness (QED) is 0.772. The number of rotatable bonds is 5. The van der Waals surface area contributed by atoms with Gasteiger partial charge in [-0.15, -0.1) is 0 Å². The smallest absolute Gasteiger partial charge is 0.323 e. The van der Waals surface area contributed by atoms with E-state index in [1.165, 1.54) is 0 Å². The molecule has 1 aliphatic heterocycles. The minimum Gasteiger partial charge on any atom is -0.480 e. The van der Waals surface area contributed by atoms with Crippen molar-refractivity contribution < 1.29 is 14.7 Å². The summed E-state index contributed by atoms with van der Waals surface area (Å²) in [6.45, 7) is 7.26. The molecule has 1 rings (SSSR count). The lowest BCUT2D eigenvalue weighted by Gasteiger charge is -2.41. The molecule has 2 N–H and O–H groups in total. The van der Waals surface area contributed by atoms with Crippen molar-refractivity contribution in [3.63, 3.8) is 0 Å². The second kappa shape index (κ2) is 6.18. The summed E-state index contributed by atoms with van der Waals surface area (Å²) in [5.41, 5.74) is -0.895. The SMILES string of the molecule is CC(C)CNC(=O)CN1CCCCC1(C)C(=O)O. The van der Waals surface area contributed by atoms with E-state index in [4.69, 9.17) is 0 Å². The van der Waals surface area contributed by atoms with Crippen molar-refractivity contribution >= 4 is 11.9 Å². The molecule has 1 heterocycles. The first-order valence-corrected chi connectivity index (χ1v) is 6.61. The van der Waals surface area contributed by atoms with Crippen molar-refractivity contribution in [1.29, 1.82) is 0 Å². The number of hydrogen-bond donors (Lipinski definition) is 2. The highest BCUT2D eigenvalue weighted by Crippen LogP contribution is 2.27. The molecule has 104 valence electrons. The number of nitrogens with zero attached hydrogens (tertiary/aromatic N) is 1. The normalized spacial score (nSPS) is 25.1. The van der Waals surface area contributed by atoms with Crippen LogP contribution in [0.15, 0.2) is 0 Å². The number of aliphatic carboxylic acids is 1. The summed E-state index contributed by atoms with van der Waals surface area (Å²) in [6, 6.07) is 0. The molecule has 0 aromatic heterocycles. The Labute approximate surface area is 109 Å². The molecule has 1 saturated heterocycles. The van der Waals surface area contributed by atoms with E-state index in [1.54, 1.807) is 11.8 Å². The minimum absolute atomic E-state index is 0.0851. The number of carbonyl (C=O) groups excluding carboxylic acids is 1. The molecule has 0 radical (unpaired) electrons. The Balaban J connectivity index is 2.57. The molecule has 0 spiro atoms. The Bertz CT molecular complexity index is 317. The third kappa shape index (κ3) is 3.70. The third-order valence-electron chi connectivity index (χ3n) is 3.54. The fraction of sp³-hybridized carbons (Fsp3) is 0.846. The highest BCUT2D eigenvalue weighted by Gasteiger charge is 2.41. The Kier molecular flexibility index (Phi) is 5.14. The fourth-order valence-electron chi connectivity index (χ4n) is 2.22. The summed E-state index contributed by atoms with van der Waals surface area (Å²) < 4.78 is 0. The number of carbonyl (C=O) groups is 2. The lowest BCUT2D eigenvalue weighted by Crippen LogP contribution is -2.57. The van der Waals surface area contributed by atoms with Gasteiger partial charge >= 0.3 is 5.97 Å². The van der Waals surface area contributed by atoms with E-state index in [0.29, 0.717) is 25.4 Å². The first kappa shape index (κ1) is 15.0. The molecule has 0 saturated carbocycles. The average Bonchev–Trinajstić information content (AvgIpc) is 2.29. The van der Waals surface area contributed by atoms with Gasteiger partial charge in [-0.05, 0) is 38.6 Å². The number of carboxylic acids is 1. The van der Waals surface area contributed by atoms with Crippen LogP contribution in [0, 0.1) is 5.92 Å². The maximum atomic E-state index is 11.8. The van der Waals surface area contributed by atoms with Gasteiger partial charge < -0.3 is 10.4 Å². The third-order valence-corrected chi connectivity index (χ3v) is 3.54. The Morgan fingerprint density at radius 3 is 2.61 bits per heavy atom. The molecule has 5 nitrogen and oxygen atoms in total. The van der Waals surface area contributed by atoms with Crippen LogP contribution in [0.4, 0.5) is 0 Å². The number of likely N-dealkylation sites (tertiary alicyclic amines) is 1. The largest absolute Gasteiger partial charge is 0.480 e. The van der Waals surface area contributed by atoms with Crippen LogP contribution >= 0.6 is 0 Å². The Morgan fingerprint density at radius 2 is 2.06 bits per heavy atom. The number of carboxylic acid groups (broad SMARTS) is 1. The standard InChI is InChI=1S/C13H24N2O3/c1-10(2)8-14-11(16)9-15-7-5-4-6-13(15,3)12(17)18/h10H,4-9H2,1-3H3,(H,14,16)(H,17,18). The van der Waals surface area contributed by atoms with Gasteiger partial charge in [0.05, 0.1) is 6.54 Å². The van der Waals surface area contributed by atoms with Crippen LogP contribution in [0.5, 0.6) is 0 Å².